The Morgan fingerprint density at radius 1 is 1.67 bits per heavy atom. The van der Waals surface area contributed by atoms with Crippen LogP contribution in [-0.2, 0) is 16.1 Å². The van der Waals surface area contributed by atoms with Crippen molar-refractivity contribution in [2.45, 2.75) is 6.54 Å². The zero-order chi connectivity index (χ0) is 11.3. The van der Waals surface area contributed by atoms with E-state index in [4.69, 9.17) is 4.74 Å². The molecule has 0 fully saturated rings. The first-order chi connectivity index (χ1) is 7.13. The second-order valence-electron chi connectivity index (χ2n) is 2.79. The maximum Gasteiger partial charge on any atom is 0.241 e. The van der Waals surface area contributed by atoms with Crippen molar-refractivity contribution in [3.63, 3.8) is 0 Å². The number of halogens is 2. The van der Waals surface area contributed by atoms with E-state index in [-0.39, 0.29) is 12.5 Å². The molecule has 1 aromatic heterocycles. The number of carbonyl (C=O) groups excluding carboxylic acids is 1. The number of hydrogen-bond donors (Lipinski definition) is 1. The Kier molecular flexibility index (Phi) is 5.27. The minimum Gasteiger partial charge on any atom is -0.383 e. The maximum atomic E-state index is 11.4. The van der Waals surface area contributed by atoms with E-state index in [2.05, 4.69) is 42.3 Å². The van der Waals surface area contributed by atoms with E-state index in [1.54, 1.807) is 17.9 Å². The molecule has 0 spiro atoms. The standard InChI is InChI=1S/C8H11Br2N3O2/c1-15-3-2-11-8(14)5-13-7(10)4-6(9)12-13/h4H,2-3,5H2,1H3,(H,11,14). The van der Waals surface area contributed by atoms with Crippen molar-refractivity contribution in [1.82, 2.24) is 15.1 Å². The van der Waals surface area contributed by atoms with Crippen molar-refractivity contribution in [2.24, 2.45) is 0 Å². The molecule has 1 N–H and O–H groups in total. The predicted molar refractivity (Wildman–Crippen MR) is 62.5 cm³/mol. The normalized spacial score (nSPS) is 10.3. The number of rotatable bonds is 5. The van der Waals surface area contributed by atoms with E-state index in [9.17, 15) is 4.79 Å². The number of methoxy groups -OCH3 is 1. The lowest BCUT2D eigenvalue weighted by Crippen LogP contribution is -2.30. The number of ether oxygens (including phenoxy) is 1. The zero-order valence-electron chi connectivity index (χ0n) is 8.17. The van der Waals surface area contributed by atoms with Gasteiger partial charge >= 0.3 is 0 Å². The van der Waals surface area contributed by atoms with Gasteiger partial charge in [-0.1, -0.05) is 0 Å². The van der Waals surface area contributed by atoms with Gasteiger partial charge in [0.15, 0.2) is 0 Å². The molecule has 0 aliphatic rings. The third-order valence-electron chi connectivity index (χ3n) is 1.62. The fraction of sp³-hybridized carbons (Fsp3) is 0.500. The summed E-state index contributed by atoms with van der Waals surface area (Å²) in [5.74, 6) is -0.0941. The molecule has 0 aliphatic heterocycles. The van der Waals surface area contributed by atoms with Gasteiger partial charge in [-0.05, 0) is 31.9 Å². The quantitative estimate of drug-likeness (QED) is 0.819. The molecule has 1 aromatic rings. The van der Waals surface area contributed by atoms with Crippen LogP contribution in [0.1, 0.15) is 0 Å². The van der Waals surface area contributed by atoms with E-state index in [1.165, 1.54) is 0 Å². The summed E-state index contributed by atoms with van der Waals surface area (Å²) < 4.78 is 7.83. The second kappa shape index (κ2) is 6.24. The first kappa shape index (κ1) is 12.7. The molecular formula is C8H11Br2N3O2. The highest BCUT2D eigenvalue weighted by atomic mass is 79.9. The minimum atomic E-state index is -0.0941. The fourth-order valence-electron chi connectivity index (χ4n) is 0.960. The Labute approximate surface area is 104 Å². The number of carbonyl (C=O) groups is 1. The molecule has 0 unspecified atom stereocenters. The van der Waals surface area contributed by atoms with E-state index in [0.29, 0.717) is 17.8 Å². The number of aromatic nitrogens is 2. The van der Waals surface area contributed by atoms with Crippen LogP contribution in [0.15, 0.2) is 15.3 Å². The highest BCUT2D eigenvalue weighted by Crippen LogP contribution is 2.15. The molecule has 0 saturated heterocycles. The van der Waals surface area contributed by atoms with Crippen LogP contribution in [-0.4, -0.2) is 35.9 Å². The van der Waals surface area contributed by atoms with Crippen LogP contribution in [0.5, 0.6) is 0 Å². The summed E-state index contributed by atoms with van der Waals surface area (Å²) in [6.45, 7) is 1.21. The van der Waals surface area contributed by atoms with Gasteiger partial charge in [0.05, 0.1) is 6.61 Å². The van der Waals surface area contributed by atoms with Crippen LogP contribution in [0.2, 0.25) is 0 Å². The molecule has 15 heavy (non-hydrogen) atoms. The SMILES string of the molecule is COCCNC(=O)Cn1nc(Br)cc1Br. The van der Waals surface area contributed by atoms with E-state index in [0.717, 1.165) is 4.60 Å². The van der Waals surface area contributed by atoms with Gasteiger partial charge < -0.3 is 10.1 Å². The van der Waals surface area contributed by atoms with Gasteiger partial charge in [-0.2, -0.15) is 5.10 Å². The summed E-state index contributed by atoms with van der Waals surface area (Å²) in [4.78, 5) is 11.4. The first-order valence-electron chi connectivity index (χ1n) is 4.28. The van der Waals surface area contributed by atoms with Crippen molar-refractivity contribution < 1.29 is 9.53 Å². The minimum absolute atomic E-state index is 0.0941. The predicted octanol–water partition coefficient (Wildman–Crippen LogP) is 1.17. The van der Waals surface area contributed by atoms with Crippen LogP contribution in [0.25, 0.3) is 0 Å². The van der Waals surface area contributed by atoms with Crippen molar-refractivity contribution in [3.8, 4) is 0 Å². The van der Waals surface area contributed by atoms with E-state index >= 15 is 0 Å². The van der Waals surface area contributed by atoms with Gasteiger partial charge in [-0.3, -0.25) is 4.79 Å². The number of nitrogens with zero attached hydrogens (tertiary/aromatic N) is 2. The van der Waals surface area contributed by atoms with Crippen LogP contribution in [0.3, 0.4) is 0 Å². The molecule has 84 valence electrons. The van der Waals surface area contributed by atoms with Crippen LogP contribution >= 0.6 is 31.9 Å². The smallest absolute Gasteiger partial charge is 0.241 e. The molecule has 1 amide bonds. The summed E-state index contributed by atoms with van der Waals surface area (Å²) in [5.41, 5.74) is 0. The Hall–Kier alpha value is -0.400. The lowest BCUT2D eigenvalue weighted by atomic mass is 10.5. The summed E-state index contributed by atoms with van der Waals surface area (Å²) >= 11 is 6.52. The lowest BCUT2D eigenvalue weighted by Gasteiger charge is -2.05. The number of nitrogens with one attached hydrogen (secondary N) is 1. The highest BCUT2D eigenvalue weighted by Gasteiger charge is 2.07. The fourth-order valence-corrected chi connectivity index (χ4v) is 2.10. The molecule has 1 rings (SSSR count). The molecule has 7 heteroatoms. The third kappa shape index (κ3) is 4.31. The molecule has 0 aliphatic carbocycles. The average Bonchev–Trinajstić information content (AvgIpc) is 2.45. The van der Waals surface area contributed by atoms with Crippen LogP contribution < -0.4 is 5.32 Å². The second-order valence-corrected chi connectivity index (χ2v) is 4.42. The molecule has 5 nitrogen and oxygen atoms in total. The summed E-state index contributed by atoms with van der Waals surface area (Å²) in [6.07, 6.45) is 0. The number of amides is 1. The van der Waals surface area contributed by atoms with Gasteiger partial charge in [0.2, 0.25) is 5.91 Å². The Balaban J connectivity index is 2.41. The van der Waals surface area contributed by atoms with Gasteiger partial charge in [0.1, 0.15) is 15.8 Å². The van der Waals surface area contributed by atoms with Crippen LogP contribution in [0.4, 0.5) is 0 Å². The van der Waals surface area contributed by atoms with Crippen molar-refractivity contribution in [2.75, 3.05) is 20.3 Å². The first-order valence-corrected chi connectivity index (χ1v) is 5.86. The average molecular weight is 341 g/mol. The van der Waals surface area contributed by atoms with Gasteiger partial charge in [0.25, 0.3) is 0 Å². The van der Waals surface area contributed by atoms with Crippen LogP contribution in [0, 0.1) is 0 Å². The molecular weight excluding hydrogens is 330 g/mol. The maximum absolute atomic E-state index is 11.4. The molecule has 0 radical (unpaired) electrons. The summed E-state index contributed by atoms with van der Waals surface area (Å²) in [5, 5.41) is 6.78. The highest BCUT2D eigenvalue weighted by molar-refractivity contribution is 9.11. The third-order valence-corrected chi connectivity index (χ3v) is 2.65. The topological polar surface area (TPSA) is 56.1 Å². The molecule has 0 bridgehead atoms. The Bertz CT molecular complexity index is 341. The van der Waals surface area contributed by atoms with Gasteiger partial charge in [-0.25, -0.2) is 4.68 Å². The van der Waals surface area contributed by atoms with E-state index in [1.807, 2.05) is 0 Å². The Morgan fingerprint density at radius 3 is 2.93 bits per heavy atom. The van der Waals surface area contributed by atoms with Crippen molar-refractivity contribution in [3.05, 3.63) is 15.3 Å². The molecule has 1 heterocycles. The molecule has 0 aromatic carbocycles. The molecule has 0 saturated carbocycles. The molecule has 0 atom stereocenters. The van der Waals surface area contributed by atoms with Gasteiger partial charge in [0, 0.05) is 19.7 Å². The summed E-state index contributed by atoms with van der Waals surface area (Å²) in [6, 6.07) is 1.78. The number of hydrogen-bond acceptors (Lipinski definition) is 3. The van der Waals surface area contributed by atoms with Crippen molar-refractivity contribution >= 4 is 37.8 Å². The zero-order valence-corrected chi connectivity index (χ0v) is 11.3. The monoisotopic (exact) mass is 339 g/mol. The van der Waals surface area contributed by atoms with E-state index < -0.39 is 0 Å². The Morgan fingerprint density at radius 2 is 2.40 bits per heavy atom. The summed E-state index contributed by atoms with van der Waals surface area (Å²) in [7, 11) is 1.59. The van der Waals surface area contributed by atoms with Gasteiger partial charge in [-0.15, -0.1) is 0 Å². The largest absolute Gasteiger partial charge is 0.383 e. The lowest BCUT2D eigenvalue weighted by molar-refractivity contribution is -0.122. The van der Waals surface area contributed by atoms with Crippen molar-refractivity contribution in [1.29, 1.82) is 0 Å².